The summed E-state index contributed by atoms with van der Waals surface area (Å²) in [6.07, 6.45) is 0.560. The fourth-order valence-electron chi connectivity index (χ4n) is 4.73. The molecule has 2 unspecified atom stereocenters. The number of hydrogen-bond acceptors (Lipinski definition) is 6. The summed E-state index contributed by atoms with van der Waals surface area (Å²) >= 11 is 0. The van der Waals surface area contributed by atoms with Gasteiger partial charge in [0, 0.05) is 30.6 Å². The molecule has 3 heterocycles. The molecule has 2 fully saturated rings. The summed E-state index contributed by atoms with van der Waals surface area (Å²) in [6, 6.07) is 12.8. The molecule has 3 amide bonds. The van der Waals surface area contributed by atoms with E-state index in [9.17, 15) is 14.4 Å². The Hall–Kier alpha value is -3.17. The summed E-state index contributed by atoms with van der Waals surface area (Å²) in [7, 11) is 6.41. The third-order valence-corrected chi connectivity index (χ3v) is 6.69. The Morgan fingerprint density at radius 3 is 2.59 bits per heavy atom. The molecule has 0 bridgehead atoms. The zero-order valence-electron chi connectivity index (χ0n) is 18.9. The summed E-state index contributed by atoms with van der Waals surface area (Å²) in [5.41, 5.74) is 3.33. The molecule has 0 aromatic heterocycles. The van der Waals surface area contributed by atoms with Gasteiger partial charge in [0.05, 0.1) is 27.6 Å². The monoisotopic (exact) mass is 459 g/mol. The Morgan fingerprint density at radius 2 is 1.85 bits per heavy atom. The number of carbonyl (C=O) groups is 3. The van der Waals surface area contributed by atoms with Crippen molar-refractivity contribution < 1.29 is 23.9 Å². The Balaban J connectivity index is 1.24. The topological polar surface area (TPSA) is 88.2 Å². The first-order chi connectivity index (χ1) is 16.5. The van der Waals surface area contributed by atoms with Crippen LogP contribution in [0.5, 0.6) is 5.75 Å². The molecule has 0 saturated carbocycles. The second-order valence-electron chi connectivity index (χ2n) is 8.81. The van der Waals surface area contributed by atoms with Crippen molar-refractivity contribution >= 4 is 25.6 Å². The third kappa shape index (κ3) is 4.45. The van der Waals surface area contributed by atoms with Crippen molar-refractivity contribution in [2.24, 2.45) is 0 Å². The molecule has 3 aliphatic rings. The molecule has 1 N–H and O–H groups in total. The molecule has 5 rings (SSSR count). The van der Waals surface area contributed by atoms with Crippen LogP contribution in [0.25, 0.3) is 0 Å². The van der Waals surface area contributed by atoms with Crippen molar-refractivity contribution in [2.45, 2.75) is 38.0 Å². The lowest BCUT2D eigenvalue weighted by molar-refractivity contribution is -0.136. The molecular formula is C25H26BN3O5. The van der Waals surface area contributed by atoms with E-state index in [0.29, 0.717) is 37.6 Å². The number of amides is 3. The molecule has 2 atom stereocenters. The van der Waals surface area contributed by atoms with E-state index < -0.39 is 11.9 Å². The van der Waals surface area contributed by atoms with E-state index in [0.717, 1.165) is 29.8 Å². The van der Waals surface area contributed by atoms with Crippen molar-refractivity contribution in [3.05, 3.63) is 64.7 Å². The minimum absolute atomic E-state index is 0.166. The van der Waals surface area contributed by atoms with Gasteiger partial charge >= 0.3 is 0 Å². The van der Waals surface area contributed by atoms with Gasteiger partial charge in [-0.15, -0.1) is 0 Å². The summed E-state index contributed by atoms with van der Waals surface area (Å²) in [4.78, 5) is 40.5. The number of imide groups is 1. The van der Waals surface area contributed by atoms with Crippen LogP contribution in [0.15, 0.2) is 42.5 Å². The van der Waals surface area contributed by atoms with Crippen molar-refractivity contribution in [1.29, 1.82) is 0 Å². The van der Waals surface area contributed by atoms with Crippen molar-refractivity contribution in [3.63, 3.8) is 0 Å². The number of nitrogens with zero attached hydrogens (tertiary/aromatic N) is 2. The molecule has 2 aromatic rings. The Kier molecular flexibility index (Phi) is 6.39. The first-order valence-corrected chi connectivity index (χ1v) is 11.6. The number of ether oxygens (including phenoxy) is 2. The van der Waals surface area contributed by atoms with Gasteiger partial charge < -0.3 is 19.3 Å². The van der Waals surface area contributed by atoms with Gasteiger partial charge in [-0.1, -0.05) is 30.3 Å². The highest BCUT2D eigenvalue weighted by Crippen LogP contribution is 2.34. The van der Waals surface area contributed by atoms with E-state index in [4.69, 9.17) is 17.3 Å². The SMILES string of the molecule is [B]C(c1ccc(COc2cccc3c2CN(C2CCC(=O)NC2=O)C3=O)cc1)N1CCOCC1. The molecule has 0 spiro atoms. The lowest BCUT2D eigenvalue weighted by Crippen LogP contribution is -2.52. The van der Waals surface area contributed by atoms with Crippen LogP contribution in [0.3, 0.4) is 0 Å². The van der Waals surface area contributed by atoms with Gasteiger partial charge in [0.1, 0.15) is 18.4 Å². The summed E-state index contributed by atoms with van der Waals surface area (Å²) in [5.74, 6) is -0.478. The van der Waals surface area contributed by atoms with E-state index in [2.05, 4.69) is 10.2 Å². The smallest absolute Gasteiger partial charge is 0.255 e. The molecule has 34 heavy (non-hydrogen) atoms. The number of morpholine rings is 1. The van der Waals surface area contributed by atoms with Crippen molar-refractivity contribution in [3.8, 4) is 5.75 Å². The van der Waals surface area contributed by atoms with Gasteiger partial charge in [0.15, 0.2) is 0 Å². The summed E-state index contributed by atoms with van der Waals surface area (Å²) in [6.45, 7) is 3.66. The lowest BCUT2D eigenvalue weighted by Gasteiger charge is -2.33. The molecule has 8 nitrogen and oxygen atoms in total. The first kappa shape index (κ1) is 22.6. The highest BCUT2D eigenvalue weighted by atomic mass is 16.5. The van der Waals surface area contributed by atoms with Crippen LogP contribution < -0.4 is 10.1 Å². The number of fused-ring (bicyclic) bond motifs is 1. The fourth-order valence-corrected chi connectivity index (χ4v) is 4.73. The maximum absolute atomic E-state index is 13.0. The second kappa shape index (κ2) is 9.60. The van der Waals surface area contributed by atoms with Gasteiger partial charge in [-0.3, -0.25) is 19.7 Å². The molecule has 2 aromatic carbocycles. The standard InChI is InChI=1S/C25H26BN3O5/c26-23(28-10-12-33-13-11-28)17-6-4-16(5-7-17)15-34-21-3-1-2-18-19(21)14-29(25(18)32)20-8-9-22(30)27-24(20)31/h1-7,20,23H,8-15H2,(H,27,30,31). The van der Waals surface area contributed by atoms with Crippen molar-refractivity contribution in [2.75, 3.05) is 26.3 Å². The maximum Gasteiger partial charge on any atom is 0.255 e. The highest BCUT2D eigenvalue weighted by Gasteiger charge is 2.40. The van der Waals surface area contributed by atoms with Gasteiger partial charge in [-0.2, -0.15) is 0 Å². The Labute approximate surface area is 199 Å². The molecule has 2 saturated heterocycles. The predicted molar refractivity (Wildman–Crippen MR) is 124 cm³/mol. The number of nitrogens with one attached hydrogen (secondary N) is 1. The average Bonchev–Trinajstić information content (AvgIpc) is 3.20. The maximum atomic E-state index is 13.0. The third-order valence-electron chi connectivity index (χ3n) is 6.69. The number of carbonyl (C=O) groups excluding carboxylic acids is 3. The molecule has 9 heteroatoms. The quantitative estimate of drug-likeness (QED) is 0.521. The van der Waals surface area contributed by atoms with E-state index in [1.54, 1.807) is 12.1 Å². The predicted octanol–water partition coefficient (Wildman–Crippen LogP) is 1.53. The van der Waals surface area contributed by atoms with Crippen LogP contribution >= 0.6 is 0 Å². The van der Waals surface area contributed by atoms with Crippen LogP contribution in [-0.4, -0.2) is 67.7 Å². The zero-order chi connectivity index (χ0) is 23.7. The Morgan fingerprint density at radius 1 is 1.09 bits per heavy atom. The van der Waals surface area contributed by atoms with Gasteiger partial charge in [0.25, 0.3) is 5.91 Å². The van der Waals surface area contributed by atoms with Crippen LogP contribution in [0, 0.1) is 0 Å². The largest absolute Gasteiger partial charge is 0.489 e. The number of benzene rings is 2. The average molecular weight is 459 g/mol. The van der Waals surface area contributed by atoms with E-state index in [-0.39, 0.29) is 30.7 Å². The Bertz CT molecular complexity index is 1100. The second-order valence-corrected chi connectivity index (χ2v) is 8.81. The van der Waals surface area contributed by atoms with Crippen LogP contribution in [0.1, 0.15) is 45.8 Å². The minimum Gasteiger partial charge on any atom is -0.489 e. The summed E-state index contributed by atoms with van der Waals surface area (Å²) in [5, 5.41) is 2.33. The molecule has 3 aliphatic heterocycles. The molecule has 174 valence electrons. The highest BCUT2D eigenvalue weighted by molar-refractivity contribution is 6.12. The van der Waals surface area contributed by atoms with E-state index >= 15 is 0 Å². The van der Waals surface area contributed by atoms with Crippen LogP contribution in [0.4, 0.5) is 0 Å². The van der Waals surface area contributed by atoms with Crippen molar-refractivity contribution in [1.82, 2.24) is 15.1 Å². The zero-order valence-corrected chi connectivity index (χ0v) is 18.9. The fraction of sp³-hybridized carbons (Fsp3) is 0.400. The minimum atomic E-state index is -0.645. The molecule has 2 radical (unpaired) electrons. The van der Waals surface area contributed by atoms with Crippen LogP contribution in [0.2, 0.25) is 0 Å². The molecular weight excluding hydrogens is 433 g/mol. The van der Waals surface area contributed by atoms with Crippen LogP contribution in [-0.2, 0) is 27.5 Å². The summed E-state index contributed by atoms with van der Waals surface area (Å²) < 4.78 is 11.5. The number of piperidine rings is 1. The van der Waals surface area contributed by atoms with E-state index in [1.165, 1.54) is 4.90 Å². The lowest BCUT2D eigenvalue weighted by atomic mass is 9.86. The first-order valence-electron chi connectivity index (χ1n) is 11.6. The van der Waals surface area contributed by atoms with Gasteiger partial charge in [0.2, 0.25) is 11.8 Å². The normalized spacial score (nSPS) is 21.8. The van der Waals surface area contributed by atoms with Gasteiger partial charge in [-0.25, -0.2) is 0 Å². The number of rotatable bonds is 6. The number of hydrogen-bond donors (Lipinski definition) is 1. The molecule has 0 aliphatic carbocycles. The van der Waals surface area contributed by atoms with Gasteiger partial charge in [-0.05, 0) is 35.6 Å². The van der Waals surface area contributed by atoms with E-state index in [1.807, 2.05) is 30.3 Å².